The van der Waals surface area contributed by atoms with Gasteiger partial charge in [0.05, 0.1) is 11.7 Å². The van der Waals surface area contributed by atoms with Crippen molar-refractivity contribution in [3.63, 3.8) is 0 Å². The summed E-state index contributed by atoms with van der Waals surface area (Å²) in [5, 5.41) is 21.3. The van der Waals surface area contributed by atoms with E-state index in [-0.39, 0.29) is 0 Å². The normalized spacial score (nSPS) is 25.1. The molecule has 0 spiro atoms. The quantitative estimate of drug-likeness (QED) is 0.869. The van der Waals surface area contributed by atoms with Crippen LogP contribution in [0.3, 0.4) is 0 Å². The molecule has 0 bridgehead atoms. The molecule has 1 atom stereocenters. The van der Waals surface area contributed by atoms with Gasteiger partial charge in [-0.15, -0.1) is 0 Å². The predicted molar refractivity (Wildman–Crippen MR) is 80.9 cm³/mol. The van der Waals surface area contributed by atoms with Gasteiger partial charge in [-0.05, 0) is 35.1 Å². The minimum Gasteiger partial charge on any atom is -0.387 e. The Morgan fingerprint density at radius 2 is 1.48 bits per heavy atom. The van der Waals surface area contributed by atoms with Gasteiger partial charge in [-0.1, -0.05) is 48.5 Å². The van der Waals surface area contributed by atoms with Crippen molar-refractivity contribution in [2.24, 2.45) is 0 Å². The first-order valence-electron chi connectivity index (χ1n) is 7.47. The van der Waals surface area contributed by atoms with Crippen LogP contribution in [0.5, 0.6) is 0 Å². The van der Waals surface area contributed by atoms with Crippen LogP contribution in [-0.4, -0.2) is 10.7 Å². The zero-order valence-electron chi connectivity index (χ0n) is 11.8. The Balaban J connectivity index is 1.85. The van der Waals surface area contributed by atoms with Gasteiger partial charge in [0, 0.05) is 12.8 Å². The smallest absolute Gasteiger partial charge is 0.112 e. The lowest BCUT2D eigenvalue weighted by Gasteiger charge is -2.38. The van der Waals surface area contributed by atoms with Gasteiger partial charge in [0.1, 0.15) is 5.41 Å². The summed E-state index contributed by atoms with van der Waals surface area (Å²) in [6, 6.07) is 18.7. The van der Waals surface area contributed by atoms with Crippen LogP contribution in [0.15, 0.2) is 48.5 Å². The molecule has 4 rings (SSSR count). The average molecular weight is 275 g/mol. The first-order valence-corrected chi connectivity index (χ1v) is 7.47. The maximum Gasteiger partial charge on any atom is 0.112 e. The third kappa shape index (κ3) is 1.56. The first-order chi connectivity index (χ1) is 10.2. The molecule has 0 aliphatic heterocycles. The summed E-state index contributed by atoms with van der Waals surface area (Å²) in [4.78, 5) is 0. The molecule has 21 heavy (non-hydrogen) atoms. The number of fused-ring (bicyclic) bond motifs is 2. The van der Waals surface area contributed by atoms with E-state index >= 15 is 0 Å². The summed E-state index contributed by atoms with van der Waals surface area (Å²) in [5.74, 6) is 0. The highest BCUT2D eigenvalue weighted by Crippen LogP contribution is 2.51. The molecule has 2 aromatic rings. The molecule has 0 radical (unpaired) electrons. The monoisotopic (exact) mass is 275 g/mol. The van der Waals surface area contributed by atoms with Gasteiger partial charge in [-0.25, -0.2) is 0 Å². The minimum absolute atomic E-state index is 0.574. The van der Waals surface area contributed by atoms with Gasteiger partial charge in [0.2, 0.25) is 0 Å². The molecule has 0 amide bonds. The summed E-state index contributed by atoms with van der Waals surface area (Å²) in [6.07, 6.45) is 2.74. The molecule has 0 fully saturated rings. The Bertz CT molecular complexity index is 733. The summed E-state index contributed by atoms with van der Waals surface area (Å²) in [7, 11) is 0. The molecular weight excluding hydrogens is 258 g/mol. The Hall–Kier alpha value is -2.11. The summed E-state index contributed by atoms with van der Waals surface area (Å²) in [5.41, 5.74) is 2.84. The molecule has 0 saturated carbocycles. The van der Waals surface area contributed by atoms with Crippen LogP contribution in [0.4, 0.5) is 0 Å². The maximum absolute atomic E-state index is 11.4. The van der Waals surface area contributed by atoms with E-state index in [0.717, 1.165) is 12.0 Å². The van der Waals surface area contributed by atoms with Gasteiger partial charge < -0.3 is 5.11 Å². The molecule has 1 N–H and O–H groups in total. The number of rotatable bonds is 1. The fourth-order valence-electron chi connectivity index (χ4n) is 4.21. The van der Waals surface area contributed by atoms with Crippen molar-refractivity contribution in [3.8, 4) is 6.07 Å². The van der Waals surface area contributed by atoms with Gasteiger partial charge in [0.15, 0.2) is 0 Å². The number of hydrogen-bond donors (Lipinski definition) is 1. The predicted octanol–water partition coefficient (Wildman–Crippen LogP) is 2.92. The molecule has 2 aliphatic carbocycles. The molecule has 0 heterocycles. The van der Waals surface area contributed by atoms with Crippen LogP contribution >= 0.6 is 0 Å². The van der Waals surface area contributed by atoms with Crippen LogP contribution in [0.25, 0.3) is 0 Å². The zero-order chi connectivity index (χ0) is 14.5. The van der Waals surface area contributed by atoms with Crippen molar-refractivity contribution in [1.82, 2.24) is 0 Å². The molecular formula is C19H17NO. The first kappa shape index (κ1) is 12.6. The van der Waals surface area contributed by atoms with Crippen LogP contribution in [0.2, 0.25) is 0 Å². The number of aryl methyl sites for hydroxylation is 1. The van der Waals surface area contributed by atoms with Crippen LogP contribution < -0.4 is 0 Å². The molecule has 0 unspecified atom stereocenters. The third-order valence-electron chi connectivity index (χ3n) is 5.32. The van der Waals surface area contributed by atoms with E-state index in [1.807, 2.05) is 30.3 Å². The van der Waals surface area contributed by atoms with E-state index in [1.54, 1.807) is 0 Å². The lowest BCUT2D eigenvalue weighted by molar-refractivity contribution is -0.00719. The van der Waals surface area contributed by atoms with Gasteiger partial charge in [0.25, 0.3) is 0 Å². The van der Waals surface area contributed by atoms with Crippen LogP contribution in [0, 0.1) is 11.3 Å². The number of aliphatic hydroxyl groups is 1. The third-order valence-corrected chi connectivity index (χ3v) is 5.32. The van der Waals surface area contributed by atoms with E-state index in [4.69, 9.17) is 0 Å². The van der Waals surface area contributed by atoms with E-state index in [9.17, 15) is 10.4 Å². The van der Waals surface area contributed by atoms with Gasteiger partial charge in [-0.2, -0.15) is 5.26 Å². The van der Waals surface area contributed by atoms with E-state index in [1.165, 1.54) is 16.7 Å². The van der Waals surface area contributed by atoms with Gasteiger partial charge >= 0.3 is 0 Å². The molecule has 0 aromatic heterocycles. The molecule has 2 nitrogen and oxygen atoms in total. The highest BCUT2D eigenvalue weighted by atomic mass is 16.3. The summed E-state index contributed by atoms with van der Waals surface area (Å²) >= 11 is 0. The largest absolute Gasteiger partial charge is 0.387 e. The van der Waals surface area contributed by atoms with Crippen LogP contribution in [0.1, 0.15) is 28.7 Å². The maximum atomic E-state index is 11.4. The number of hydrogen-bond acceptors (Lipinski definition) is 2. The fourth-order valence-corrected chi connectivity index (χ4v) is 4.21. The second-order valence-corrected chi connectivity index (χ2v) is 6.33. The molecule has 0 saturated heterocycles. The van der Waals surface area contributed by atoms with Crippen molar-refractivity contribution in [2.75, 3.05) is 0 Å². The molecule has 2 aliphatic rings. The topological polar surface area (TPSA) is 44.0 Å². The SMILES string of the molecule is N#C[C@@]1(C2(O)Cc3ccccc3C2)CCc2ccccc21. The highest BCUT2D eigenvalue weighted by molar-refractivity contribution is 5.51. The number of nitrogens with zero attached hydrogens (tertiary/aromatic N) is 1. The average Bonchev–Trinajstić information content (AvgIpc) is 3.05. The number of benzene rings is 2. The van der Waals surface area contributed by atoms with Crippen molar-refractivity contribution in [2.45, 2.75) is 36.7 Å². The Morgan fingerprint density at radius 3 is 2.10 bits per heavy atom. The van der Waals surface area contributed by atoms with E-state index in [0.29, 0.717) is 19.3 Å². The lowest BCUT2D eigenvalue weighted by atomic mass is 9.67. The zero-order valence-corrected chi connectivity index (χ0v) is 11.8. The minimum atomic E-state index is -0.988. The summed E-state index contributed by atoms with van der Waals surface area (Å²) in [6.45, 7) is 0. The Morgan fingerprint density at radius 1 is 0.905 bits per heavy atom. The van der Waals surface area contributed by atoms with Crippen molar-refractivity contribution in [3.05, 3.63) is 70.8 Å². The standard InChI is InChI=1S/C19H17NO/c20-13-18(10-9-14-5-3-4-8-17(14)18)19(21)11-15-6-1-2-7-16(15)12-19/h1-8,21H,9-12H2/t18-/m0/s1. The van der Waals surface area contributed by atoms with E-state index in [2.05, 4.69) is 24.3 Å². The molecule has 2 heteroatoms. The Labute approximate surface area is 124 Å². The highest BCUT2D eigenvalue weighted by Gasteiger charge is 2.57. The van der Waals surface area contributed by atoms with Crippen LogP contribution in [-0.2, 0) is 24.7 Å². The number of nitriles is 1. The van der Waals surface area contributed by atoms with Crippen molar-refractivity contribution >= 4 is 0 Å². The molecule has 104 valence electrons. The van der Waals surface area contributed by atoms with Crippen molar-refractivity contribution < 1.29 is 5.11 Å². The van der Waals surface area contributed by atoms with E-state index < -0.39 is 11.0 Å². The van der Waals surface area contributed by atoms with Gasteiger partial charge in [-0.3, -0.25) is 0 Å². The van der Waals surface area contributed by atoms with Crippen molar-refractivity contribution in [1.29, 1.82) is 5.26 Å². The second kappa shape index (κ2) is 4.19. The molecule has 2 aromatic carbocycles. The fraction of sp³-hybridized carbons (Fsp3) is 0.316. The lowest BCUT2D eigenvalue weighted by Crippen LogP contribution is -2.50. The second-order valence-electron chi connectivity index (χ2n) is 6.33. The Kier molecular flexibility index (Phi) is 2.52. The summed E-state index contributed by atoms with van der Waals surface area (Å²) < 4.78 is 0.